The van der Waals surface area contributed by atoms with Gasteiger partial charge in [0, 0.05) is 0 Å². The molecule has 0 nitrogen and oxygen atoms in total. The molecule has 0 atom stereocenters. The lowest BCUT2D eigenvalue weighted by molar-refractivity contribution is 0.877. The topological polar surface area (TPSA) is 0 Å². The Morgan fingerprint density at radius 2 is 1.64 bits per heavy atom. The fraction of sp³-hybridized carbons (Fsp3) is 0.143. The molecule has 0 bridgehead atoms. The molecule has 0 saturated heterocycles. The van der Waals surface area contributed by atoms with Crippen molar-refractivity contribution in [2.75, 3.05) is 0 Å². The first-order valence-corrected chi connectivity index (χ1v) is 11.2. The molecular weight excluding hydrogens is 385 g/mol. The molecule has 0 unspecified atom stereocenters. The van der Waals surface area contributed by atoms with Gasteiger partial charge in [-0.1, -0.05) is 73.4 Å². The molecule has 0 aliphatic carbocycles. The average molecular weight is 392 g/mol. The predicted molar refractivity (Wildman–Crippen MR) is 65.7 cm³/mol. The maximum absolute atomic E-state index is 13.4. The molecule has 0 saturated carbocycles. The van der Waals surface area contributed by atoms with Gasteiger partial charge in [0.1, 0.15) is 0 Å². The van der Waals surface area contributed by atoms with Gasteiger partial charge in [0.2, 0.25) is 0 Å². The van der Waals surface area contributed by atoms with E-state index in [1.54, 1.807) is 0 Å². The summed E-state index contributed by atoms with van der Waals surface area (Å²) in [5.41, 5.74) is 1.18. The number of hydrogen-bond donors (Lipinski definition) is 0. The van der Waals surface area contributed by atoms with Crippen LogP contribution in [-0.2, 0) is 0 Å². The van der Waals surface area contributed by atoms with E-state index in [9.17, 15) is 4.11 Å². The zero-order chi connectivity index (χ0) is 8.48. The van der Waals surface area contributed by atoms with Gasteiger partial charge in [0.05, 0.1) is 0 Å². The van der Waals surface area contributed by atoms with Gasteiger partial charge in [0.25, 0.3) is 0 Å². The molecule has 1 aromatic carbocycles. The predicted octanol–water partition coefficient (Wildman–Crippen LogP) is 2.98. The van der Waals surface area contributed by atoms with Crippen molar-refractivity contribution in [3.8, 4) is 0 Å². The summed E-state index contributed by atoms with van der Waals surface area (Å²) in [5.74, 6) is 0. The second-order valence-electron chi connectivity index (χ2n) is 2.36. The molecule has 0 aromatic heterocycles. The van der Waals surface area contributed by atoms with Crippen LogP contribution in [0.3, 0.4) is 0 Å². The quantitative estimate of drug-likeness (QED) is 0.392. The van der Waals surface area contributed by atoms with E-state index in [1.807, 2.05) is 74.8 Å². The van der Waals surface area contributed by atoms with E-state index < -0.39 is 3.40 Å². The van der Waals surface area contributed by atoms with Crippen molar-refractivity contribution in [2.45, 2.75) is 6.92 Å². The normalized spacial score (nSPS) is 11.6. The van der Waals surface area contributed by atoms with E-state index in [1.165, 1.54) is 5.56 Å². The minimum Gasteiger partial charge on any atom is -0.281 e. The Balaban J connectivity index is 2.99. The Hall–Kier alpha value is 0.827. The summed E-state index contributed by atoms with van der Waals surface area (Å²) in [6, 6.07) is 7.66. The van der Waals surface area contributed by atoms with Crippen LogP contribution in [0.2, 0.25) is 0 Å². The van der Waals surface area contributed by atoms with Gasteiger partial charge in [-0.05, 0) is 12.1 Å². The third kappa shape index (κ3) is 2.98. The number of hydrogen-bond acceptors (Lipinski definition) is 0. The molecule has 11 heavy (non-hydrogen) atoms. The maximum Gasteiger partial charge on any atom is 0.403 e. The van der Waals surface area contributed by atoms with Gasteiger partial charge in [0.15, 0.2) is 0 Å². The summed E-state index contributed by atoms with van der Waals surface area (Å²) in [5, 5.41) is 0.851. The first-order valence-electron chi connectivity index (χ1n) is 3.14. The molecular formula is C7H7FI2Si. The SMILES string of the molecule is Cc1ccc([Si](F)(I)I)cc1. The monoisotopic (exact) mass is 392 g/mol. The molecule has 0 N–H and O–H groups in total. The first-order chi connectivity index (χ1) is 5.00. The minimum absolute atomic E-state index is 0.851. The second kappa shape index (κ2) is 3.69. The van der Waals surface area contributed by atoms with Crippen molar-refractivity contribution in [1.82, 2.24) is 0 Å². The zero-order valence-corrected chi connectivity index (χ0v) is 11.3. The summed E-state index contributed by atoms with van der Waals surface area (Å²) in [6.45, 7) is 2.01. The van der Waals surface area contributed by atoms with E-state index in [0.29, 0.717) is 0 Å². The molecule has 0 spiro atoms. The fourth-order valence-corrected chi connectivity index (χ4v) is 3.44. The van der Waals surface area contributed by atoms with Crippen LogP contribution in [0.25, 0.3) is 0 Å². The minimum atomic E-state index is -2.62. The Kier molecular flexibility index (Phi) is 3.33. The lowest BCUT2D eigenvalue weighted by Crippen LogP contribution is -2.29. The molecule has 0 fully saturated rings. The molecule has 0 heterocycles. The summed E-state index contributed by atoms with van der Waals surface area (Å²) in [6.07, 6.45) is 0. The van der Waals surface area contributed by atoms with Crippen molar-refractivity contribution in [1.29, 1.82) is 0 Å². The van der Waals surface area contributed by atoms with Crippen molar-refractivity contribution in [3.63, 3.8) is 0 Å². The Bertz CT molecular complexity index is 240. The highest BCUT2D eigenvalue weighted by atomic mass is 127. The van der Waals surface area contributed by atoms with Crippen molar-refractivity contribution in [3.05, 3.63) is 29.8 Å². The van der Waals surface area contributed by atoms with E-state index in [2.05, 4.69) is 0 Å². The Morgan fingerprint density at radius 1 is 1.18 bits per heavy atom. The van der Waals surface area contributed by atoms with E-state index in [0.717, 1.165) is 5.19 Å². The van der Waals surface area contributed by atoms with Crippen LogP contribution in [0.5, 0.6) is 0 Å². The highest BCUT2D eigenvalue weighted by Gasteiger charge is 2.28. The number of benzene rings is 1. The van der Waals surface area contributed by atoms with Crippen molar-refractivity contribution < 1.29 is 4.11 Å². The molecule has 0 aliphatic heterocycles. The van der Waals surface area contributed by atoms with E-state index >= 15 is 0 Å². The third-order valence-electron chi connectivity index (χ3n) is 1.38. The van der Waals surface area contributed by atoms with Gasteiger partial charge < -0.3 is 0 Å². The highest BCUT2D eigenvalue weighted by molar-refractivity contribution is 14.3. The van der Waals surface area contributed by atoms with Crippen LogP contribution < -0.4 is 5.19 Å². The molecule has 0 aliphatic rings. The Morgan fingerprint density at radius 3 is 2.00 bits per heavy atom. The van der Waals surface area contributed by atoms with Gasteiger partial charge >= 0.3 is 3.40 Å². The van der Waals surface area contributed by atoms with E-state index in [-0.39, 0.29) is 0 Å². The van der Waals surface area contributed by atoms with Gasteiger partial charge in [-0.2, -0.15) is 0 Å². The molecule has 60 valence electrons. The van der Waals surface area contributed by atoms with Crippen LogP contribution >= 0.6 is 43.6 Å². The van der Waals surface area contributed by atoms with Gasteiger partial charge in [-0.15, -0.1) is 0 Å². The standard InChI is InChI=1S/C7H7FI2Si/c1-6-2-4-7(5-3-6)11(8,9)10/h2-5H,1H3. The molecule has 1 aromatic rings. The van der Waals surface area contributed by atoms with Crippen LogP contribution in [0.4, 0.5) is 4.11 Å². The lowest BCUT2D eigenvalue weighted by Gasteiger charge is -2.06. The first kappa shape index (κ1) is 9.91. The third-order valence-corrected chi connectivity index (χ3v) is 6.10. The molecule has 4 heteroatoms. The largest absolute Gasteiger partial charge is 0.403 e. The zero-order valence-electron chi connectivity index (χ0n) is 5.94. The van der Waals surface area contributed by atoms with Crippen LogP contribution in [0, 0.1) is 6.92 Å². The number of aryl methyl sites for hydroxylation is 1. The van der Waals surface area contributed by atoms with Crippen LogP contribution in [0.1, 0.15) is 5.56 Å². The summed E-state index contributed by atoms with van der Waals surface area (Å²) >= 11 is 3.83. The lowest BCUT2D eigenvalue weighted by atomic mass is 10.2. The molecule has 0 radical (unpaired) electrons. The summed E-state index contributed by atoms with van der Waals surface area (Å²) in [7, 11) is 0. The van der Waals surface area contributed by atoms with Crippen molar-refractivity contribution in [2.24, 2.45) is 0 Å². The number of rotatable bonds is 1. The van der Waals surface area contributed by atoms with Gasteiger partial charge in [-0.25, -0.2) is 0 Å². The smallest absolute Gasteiger partial charge is 0.281 e. The summed E-state index contributed by atoms with van der Waals surface area (Å²) in [4.78, 5) is 0. The fourth-order valence-electron chi connectivity index (χ4n) is 0.743. The van der Waals surface area contributed by atoms with Crippen molar-refractivity contribution >= 4 is 52.2 Å². The van der Waals surface area contributed by atoms with Gasteiger partial charge in [-0.3, -0.25) is 4.11 Å². The Labute approximate surface area is 92.2 Å². The number of halogens is 3. The average Bonchev–Trinajstić information content (AvgIpc) is 1.86. The van der Waals surface area contributed by atoms with Crippen LogP contribution in [0.15, 0.2) is 24.3 Å². The molecule has 1 rings (SSSR count). The van der Waals surface area contributed by atoms with E-state index in [4.69, 9.17) is 0 Å². The molecule has 0 amide bonds. The highest BCUT2D eigenvalue weighted by Crippen LogP contribution is 2.22. The van der Waals surface area contributed by atoms with Crippen LogP contribution in [-0.4, -0.2) is 3.40 Å². The maximum atomic E-state index is 13.4. The second-order valence-corrected chi connectivity index (χ2v) is 19.0. The summed E-state index contributed by atoms with van der Waals surface area (Å²) < 4.78 is 10.7.